The van der Waals surface area contributed by atoms with Gasteiger partial charge >= 0.3 is 0 Å². The fraction of sp³-hybridized carbons (Fsp3) is 0.560. The molecule has 7 heteroatoms. The summed E-state index contributed by atoms with van der Waals surface area (Å²) in [6.45, 7) is 4.65. The second-order valence-corrected chi connectivity index (χ2v) is 8.97. The molecule has 2 saturated heterocycles. The summed E-state index contributed by atoms with van der Waals surface area (Å²) in [5, 5.41) is 6.10. The van der Waals surface area contributed by atoms with Crippen LogP contribution in [-0.2, 0) is 0 Å². The van der Waals surface area contributed by atoms with Crippen molar-refractivity contribution in [3.05, 3.63) is 48.4 Å². The molecule has 2 aromatic heterocycles. The maximum Gasteiger partial charge on any atom is 0.274 e. The number of pyridine rings is 2. The Balaban J connectivity index is 0.000000203. The Morgan fingerprint density at radius 2 is 1.72 bits per heavy atom. The zero-order valence-corrected chi connectivity index (χ0v) is 19.2. The van der Waals surface area contributed by atoms with Gasteiger partial charge in [-0.2, -0.15) is 0 Å². The number of hydrogen-bond donors (Lipinski definition) is 2. The Labute approximate surface area is 191 Å². The van der Waals surface area contributed by atoms with Crippen LogP contribution in [0, 0.1) is 0 Å². The highest BCUT2D eigenvalue weighted by molar-refractivity contribution is 6.03. The van der Waals surface area contributed by atoms with Crippen LogP contribution in [0.25, 0.3) is 0 Å². The predicted octanol–water partition coefficient (Wildman–Crippen LogP) is 3.55. The minimum atomic E-state index is -0.211. The molecule has 1 amide bonds. The van der Waals surface area contributed by atoms with Crippen molar-refractivity contribution < 1.29 is 4.79 Å². The lowest BCUT2D eigenvalue weighted by Crippen LogP contribution is -2.30. The van der Waals surface area contributed by atoms with E-state index in [1.54, 1.807) is 30.6 Å². The highest BCUT2D eigenvalue weighted by Crippen LogP contribution is 2.26. The summed E-state index contributed by atoms with van der Waals surface area (Å²) in [5.41, 5.74) is 1.13. The van der Waals surface area contributed by atoms with Gasteiger partial charge < -0.3 is 20.4 Å². The summed E-state index contributed by atoms with van der Waals surface area (Å²) in [7, 11) is 1.97. The second-order valence-electron chi connectivity index (χ2n) is 8.97. The molecule has 2 aromatic rings. The number of carbonyl (C=O) groups is 1. The molecule has 1 atom stereocenters. The van der Waals surface area contributed by atoms with Gasteiger partial charge in [-0.3, -0.25) is 9.78 Å². The molecule has 1 saturated carbocycles. The van der Waals surface area contributed by atoms with E-state index in [0.717, 1.165) is 31.4 Å². The highest BCUT2D eigenvalue weighted by Gasteiger charge is 2.24. The van der Waals surface area contributed by atoms with Gasteiger partial charge in [-0.15, -0.1) is 0 Å². The third-order valence-electron chi connectivity index (χ3n) is 6.81. The molecule has 0 radical (unpaired) electrons. The average molecular weight is 437 g/mol. The van der Waals surface area contributed by atoms with Crippen molar-refractivity contribution in [3.63, 3.8) is 0 Å². The number of nitrogens with one attached hydrogen (secondary N) is 2. The third-order valence-corrected chi connectivity index (χ3v) is 6.81. The molecule has 0 spiro atoms. The standard InChI is InChI=1S/C16H19N5O.C9H17N/c1-17-13-7-10-21(11-13)15-4-2-3-14(20-15)16(22)19-12-5-8-18-9-6-12;1-2-6-9(5-1)10-7-3-4-8-10/h2-6,8-9,13,17H,7,10-11H2,1H3,(H,18,19,22);9H,1-8H2. The number of aromatic nitrogens is 2. The lowest BCUT2D eigenvalue weighted by molar-refractivity contribution is 0.102. The van der Waals surface area contributed by atoms with Crippen molar-refractivity contribution in [2.45, 2.75) is 57.0 Å². The number of rotatable bonds is 5. The minimum Gasteiger partial charge on any atom is -0.355 e. The monoisotopic (exact) mass is 436 g/mol. The molecule has 2 N–H and O–H groups in total. The molecule has 1 unspecified atom stereocenters. The molecular weight excluding hydrogens is 400 g/mol. The Kier molecular flexibility index (Phi) is 8.07. The number of amides is 1. The minimum absolute atomic E-state index is 0.211. The molecule has 3 fully saturated rings. The fourth-order valence-electron chi connectivity index (χ4n) is 4.94. The zero-order chi connectivity index (χ0) is 22.2. The summed E-state index contributed by atoms with van der Waals surface area (Å²) >= 11 is 0. The van der Waals surface area contributed by atoms with Crippen molar-refractivity contribution in [3.8, 4) is 0 Å². The number of nitrogens with zero attached hydrogens (tertiary/aromatic N) is 4. The quantitative estimate of drug-likeness (QED) is 0.747. The topological polar surface area (TPSA) is 73.4 Å². The first-order valence-electron chi connectivity index (χ1n) is 12.1. The maximum atomic E-state index is 12.3. The van der Waals surface area contributed by atoms with Crippen molar-refractivity contribution in [1.82, 2.24) is 20.2 Å². The van der Waals surface area contributed by atoms with E-state index in [1.807, 2.05) is 19.2 Å². The molecule has 1 aliphatic carbocycles. The summed E-state index contributed by atoms with van der Waals surface area (Å²) in [4.78, 5) is 25.6. The molecule has 2 aliphatic heterocycles. The molecule has 3 aliphatic rings. The summed E-state index contributed by atoms with van der Waals surface area (Å²) in [6.07, 6.45) is 13.2. The van der Waals surface area contributed by atoms with Crippen LogP contribution in [0.1, 0.15) is 55.4 Å². The van der Waals surface area contributed by atoms with Crippen LogP contribution in [0.15, 0.2) is 42.7 Å². The predicted molar refractivity (Wildman–Crippen MR) is 129 cm³/mol. The molecule has 172 valence electrons. The van der Waals surface area contributed by atoms with E-state index >= 15 is 0 Å². The van der Waals surface area contributed by atoms with Crippen molar-refractivity contribution in [1.29, 1.82) is 0 Å². The smallest absolute Gasteiger partial charge is 0.274 e. The molecule has 32 heavy (non-hydrogen) atoms. The summed E-state index contributed by atoms with van der Waals surface area (Å²) in [6, 6.07) is 10.5. The molecule has 5 rings (SSSR count). The van der Waals surface area contributed by atoms with Gasteiger partial charge in [0.05, 0.1) is 0 Å². The van der Waals surface area contributed by atoms with E-state index in [0.29, 0.717) is 17.4 Å². The van der Waals surface area contributed by atoms with E-state index in [9.17, 15) is 4.79 Å². The van der Waals surface area contributed by atoms with Gasteiger partial charge in [0.25, 0.3) is 5.91 Å². The third kappa shape index (κ3) is 6.04. The van der Waals surface area contributed by atoms with Crippen LogP contribution in [-0.4, -0.2) is 66.1 Å². The van der Waals surface area contributed by atoms with Gasteiger partial charge in [0.1, 0.15) is 11.5 Å². The number of hydrogen-bond acceptors (Lipinski definition) is 6. The van der Waals surface area contributed by atoms with Crippen molar-refractivity contribution >= 4 is 17.4 Å². The van der Waals surface area contributed by atoms with E-state index in [1.165, 1.54) is 51.6 Å². The second kappa shape index (κ2) is 11.4. The Bertz CT molecular complexity index is 835. The van der Waals surface area contributed by atoms with Crippen LogP contribution < -0.4 is 15.5 Å². The zero-order valence-electron chi connectivity index (χ0n) is 19.2. The summed E-state index contributed by atoms with van der Waals surface area (Å²) in [5.74, 6) is 0.637. The van der Waals surface area contributed by atoms with Crippen LogP contribution in [0.4, 0.5) is 11.5 Å². The molecule has 7 nitrogen and oxygen atoms in total. The van der Waals surface area contributed by atoms with Gasteiger partial charge in [-0.1, -0.05) is 18.9 Å². The van der Waals surface area contributed by atoms with Crippen LogP contribution in [0.2, 0.25) is 0 Å². The lowest BCUT2D eigenvalue weighted by atomic mass is 10.2. The Morgan fingerprint density at radius 1 is 0.969 bits per heavy atom. The van der Waals surface area contributed by atoms with Gasteiger partial charge in [0, 0.05) is 43.3 Å². The molecule has 4 heterocycles. The maximum absolute atomic E-state index is 12.3. The van der Waals surface area contributed by atoms with E-state index in [2.05, 4.69) is 30.4 Å². The largest absolute Gasteiger partial charge is 0.355 e. The first-order valence-corrected chi connectivity index (χ1v) is 12.1. The first-order chi connectivity index (χ1) is 15.7. The van der Waals surface area contributed by atoms with Crippen LogP contribution >= 0.6 is 0 Å². The Hall–Kier alpha value is -2.51. The fourth-order valence-corrected chi connectivity index (χ4v) is 4.94. The number of likely N-dealkylation sites (tertiary alicyclic amines) is 1. The average Bonchev–Trinajstić information content (AvgIpc) is 3.62. The van der Waals surface area contributed by atoms with E-state index in [4.69, 9.17) is 0 Å². The number of likely N-dealkylation sites (N-methyl/N-ethyl adjacent to an activating group) is 1. The summed E-state index contributed by atoms with van der Waals surface area (Å²) < 4.78 is 0. The van der Waals surface area contributed by atoms with Gasteiger partial charge in [-0.05, 0) is 76.5 Å². The molecule has 0 bridgehead atoms. The van der Waals surface area contributed by atoms with Gasteiger partial charge in [0.2, 0.25) is 0 Å². The van der Waals surface area contributed by atoms with Gasteiger partial charge in [-0.25, -0.2) is 4.98 Å². The van der Waals surface area contributed by atoms with Crippen molar-refractivity contribution in [2.75, 3.05) is 43.4 Å². The van der Waals surface area contributed by atoms with Gasteiger partial charge in [0.15, 0.2) is 0 Å². The number of anilines is 2. The first kappa shape index (κ1) is 22.7. The molecular formula is C25H36N6O. The number of carbonyl (C=O) groups excluding carboxylic acids is 1. The van der Waals surface area contributed by atoms with E-state index < -0.39 is 0 Å². The Morgan fingerprint density at radius 3 is 2.41 bits per heavy atom. The lowest BCUT2D eigenvalue weighted by Gasteiger charge is -2.22. The van der Waals surface area contributed by atoms with Crippen molar-refractivity contribution in [2.24, 2.45) is 0 Å². The SMILES string of the molecule is C1CCC(N2CCCC2)C1.CNC1CCN(c2cccc(C(=O)Nc3ccncc3)n2)C1. The van der Waals surface area contributed by atoms with Crippen LogP contribution in [0.3, 0.4) is 0 Å². The van der Waals surface area contributed by atoms with Crippen LogP contribution in [0.5, 0.6) is 0 Å². The highest BCUT2D eigenvalue weighted by atomic mass is 16.1. The molecule has 0 aromatic carbocycles. The van der Waals surface area contributed by atoms with E-state index in [-0.39, 0.29) is 5.91 Å². The normalized spacial score (nSPS) is 21.4.